The molecule has 3 N–H and O–H groups in total. The number of amides is 2. The molecule has 7 heteroatoms. The highest BCUT2D eigenvalue weighted by Crippen LogP contribution is 2.18. The van der Waals surface area contributed by atoms with Crippen molar-refractivity contribution in [2.45, 2.75) is 40.2 Å². The van der Waals surface area contributed by atoms with Gasteiger partial charge in [-0.3, -0.25) is 9.59 Å². The molecule has 0 unspecified atom stereocenters. The highest BCUT2D eigenvalue weighted by Gasteiger charge is 2.15. The minimum atomic E-state index is -0.543. The van der Waals surface area contributed by atoms with Crippen LogP contribution in [-0.4, -0.2) is 42.5 Å². The van der Waals surface area contributed by atoms with Gasteiger partial charge in [-0.1, -0.05) is 19.9 Å². The Morgan fingerprint density at radius 2 is 1.88 bits per heavy atom. The van der Waals surface area contributed by atoms with Gasteiger partial charge in [0.25, 0.3) is 5.91 Å². The first-order valence-electron chi connectivity index (χ1n) is 8.44. The number of nitrogens with zero attached hydrogens (tertiary/aromatic N) is 1. The number of rotatable bonds is 9. The fourth-order valence-corrected chi connectivity index (χ4v) is 2.33. The molecule has 0 radical (unpaired) electrons. The van der Waals surface area contributed by atoms with Crippen LogP contribution in [0, 0.1) is 5.92 Å². The molecule has 1 rings (SSSR count). The molecule has 0 bridgehead atoms. The molecule has 6 nitrogen and oxygen atoms in total. The van der Waals surface area contributed by atoms with E-state index in [1.54, 1.807) is 29.2 Å². The average molecular weight is 372 g/mol. The summed E-state index contributed by atoms with van der Waals surface area (Å²) in [7, 11) is 0. The quantitative estimate of drug-likeness (QED) is 0.698. The van der Waals surface area contributed by atoms with Gasteiger partial charge in [-0.05, 0) is 38.3 Å². The van der Waals surface area contributed by atoms with Gasteiger partial charge < -0.3 is 20.7 Å². The van der Waals surface area contributed by atoms with Crippen molar-refractivity contribution < 1.29 is 14.3 Å². The molecule has 0 heterocycles. The lowest BCUT2D eigenvalue weighted by atomic mass is 10.0. The van der Waals surface area contributed by atoms with Crippen LogP contribution in [-0.2, 0) is 9.59 Å². The second-order valence-corrected chi connectivity index (χ2v) is 6.11. The summed E-state index contributed by atoms with van der Waals surface area (Å²) >= 11 is 0. The number of anilines is 1. The largest absolute Gasteiger partial charge is 0.484 e. The average Bonchev–Trinajstić information content (AvgIpc) is 2.53. The van der Waals surface area contributed by atoms with Crippen molar-refractivity contribution in [3.05, 3.63) is 24.3 Å². The Hall–Kier alpha value is -1.79. The van der Waals surface area contributed by atoms with Crippen molar-refractivity contribution in [2.75, 3.05) is 25.0 Å². The lowest BCUT2D eigenvalue weighted by Crippen LogP contribution is -2.36. The van der Waals surface area contributed by atoms with Crippen LogP contribution in [0.2, 0.25) is 0 Å². The van der Waals surface area contributed by atoms with Crippen LogP contribution in [0.15, 0.2) is 24.3 Å². The zero-order chi connectivity index (χ0) is 18.1. The van der Waals surface area contributed by atoms with Crippen LogP contribution in [0.25, 0.3) is 0 Å². The van der Waals surface area contributed by atoms with Crippen LogP contribution in [0.5, 0.6) is 5.75 Å². The Bertz CT molecular complexity index is 548. The molecule has 0 aliphatic rings. The first-order valence-corrected chi connectivity index (χ1v) is 8.44. The Kier molecular flexibility index (Phi) is 10.9. The van der Waals surface area contributed by atoms with Crippen LogP contribution < -0.4 is 15.8 Å². The van der Waals surface area contributed by atoms with Gasteiger partial charge in [0.2, 0.25) is 5.91 Å². The first kappa shape index (κ1) is 23.2. The topological polar surface area (TPSA) is 84.7 Å². The third-order valence-corrected chi connectivity index (χ3v) is 3.64. The minimum Gasteiger partial charge on any atom is -0.484 e. The van der Waals surface area contributed by atoms with E-state index in [2.05, 4.69) is 5.32 Å². The van der Waals surface area contributed by atoms with Crippen molar-refractivity contribution in [2.24, 2.45) is 11.7 Å². The number of hydrogen-bond donors (Lipinski definition) is 2. The number of ether oxygens (including phenoxy) is 1. The van der Waals surface area contributed by atoms with E-state index in [1.165, 1.54) is 0 Å². The monoisotopic (exact) mass is 371 g/mol. The molecule has 1 aromatic carbocycles. The molecule has 142 valence electrons. The molecule has 25 heavy (non-hydrogen) atoms. The first-order chi connectivity index (χ1) is 11.4. The smallest absolute Gasteiger partial charge is 0.260 e. The SMILES string of the molecule is CCN(CC)C(=O)COc1cccc(NC(=O)[C@@H](N)CC(C)C)c1.Cl. The van der Waals surface area contributed by atoms with Gasteiger partial charge in [0.15, 0.2) is 6.61 Å². The third-order valence-electron chi connectivity index (χ3n) is 3.64. The third kappa shape index (κ3) is 8.23. The van der Waals surface area contributed by atoms with E-state index in [9.17, 15) is 9.59 Å². The molecule has 0 spiro atoms. The van der Waals surface area contributed by atoms with E-state index in [1.807, 2.05) is 27.7 Å². The molecule has 0 saturated carbocycles. The van der Waals surface area contributed by atoms with Gasteiger partial charge >= 0.3 is 0 Å². The Morgan fingerprint density at radius 1 is 1.24 bits per heavy atom. The number of halogens is 1. The van der Waals surface area contributed by atoms with Gasteiger partial charge in [-0.15, -0.1) is 12.4 Å². The summed E-state index contributed by atoms with van der Waals surface area (Å²) in [5.41, 5.74) is 6.48. The molecule has 1 aromatic rings. The zero-order valence-electron chi connectivity index (χ0n) is 15.5. The van der Waals surface area contributed by atoms with Crippen molar-refractivity contribution in [1.29, 1.82) is 0 Å². The Balaban J connectivity index is 0.00000576. The summed E-state index contributed by atoms with van der Waals surface area (Å²) in [5.74, 6) is 0.603. The van der Waals surface area contributed by atoms with Gasteiger partial charge in [-0.25, -0.2) is 0 Å². The highest BCUT2D eigenvalue weighted by molar-refractivity contribution is 5.94. The lowest BCUT2D eigenvalue weighted by molar-refractivity contribution is -0.133. The number of benzene rings is 1. The van der Waals surface area contributed by atoms with Crippen LogP contribution in [0.1, 0.15) is 34.1 Å². The van der Waals surface area contributed by atoms with Crippen molar-refractivity contribution in [1.82, 2.24) is 4.90 Å². The normalized spacial score (nSPS) is 11.4. The summed E-state index contributed by atoms with van der Waals surface area (Å²) in [6, 6.07) is 6.42. The van der Waals surface area contributed by atoms with Crippen LogP contribution >= 0.6 is 12.4 Å². The van der Waals surface area contributed by atoms with E-state index >= 15 is 0 Å². The Labute approximate surface area is 156 Å². The maximum Gasteiger partial charge on any atom is 0.260 e. The fraction of sp³-hybridized carbons (Fsp3) is 0.556. The van der Waals surface area contributed by atoms with Gasteiger partial charge in [0, 0.05) is 24.8 Å². The molecular weight excluding hydrogens is 342 g/mol. The molecular formula is C18H30ClN3O3. The number of carbonyl (C=O) groups excluding carboxylic acids is 2. The summed E-state index contributed by atoms with van der Waals surface area (Å²) < 4.78 is 5.53. The van der Waals surface area contributed by atoms with E-state index in [0.717, 1.165) is 0 Å². The molecule has 0 aliphatic heterocycles. The van der Waals surface area contributed by atoms with E-state index in [0.29, 0.717) is 36.9 Å². The number of carbonyl (C=O) groups is 2. The lowest BCUT2D eigenvalue weighted by Gasteiger charge is -2.19. The van der Waals surface area contributed by atoms with Gasteiger partial charge in [0.1, 0.15) is 5.75 Å². The molecule has 0 aromatic heterocycles. The molecule has 0 aliphatic carbocycles. The summed E-state index contributed by atoms with van der Waals surface area (Å²) in [4.78, 5) is 25.7. The van der Waals surface area contributed by atoms with Crippen LogP contribution in [0.3, 0.4) is 0 Å². The number of nitrogens with two attached hydrogens (primary N) is 1. The van der Waals surface area contributed by atoms with Crippen LogP contribution in [0.4, 0.5) is 5.69 Å². The van der Waals surface area contributed by atoms with Crippen molar-refractivity contribution in [3.8, 4) is 5.75 Å². The highest BCUT2D eigenvalue weighted by atomic mass is 35.5. The summed E-state index contributed by atoms with van der Waals surface area (Å²) in [6.07, 6.45) is 0.625. The second kappa shape index (κ2) is 11.7. The summed E-state index contributed by atoms with van der Waals surface area (Å²) in [6.45, 7) is 9.19. The van der Waals surface area contributed by atoms with Gasteiger partial charge in [-0.2, -0.15) is 0 Å². The van der Waals surface area contributed by atoms with Gasteiger partial charge in [0.05, 0.1) is 6.04 Å². The Morgan fingerprint density at radius 3 is 2.44 bits per heavy atom. The minimum absolute atomic E-state index is 0. The number of likely N-dealkylation sites (N-methyl/N-ethyl adjacent to an activating group) is 1. The van der Waals surface area contributed by atoms with E-state index < -0.39 is 6.04 Å². The predicted molar refractivity (Wildman–Crippen MR) is 103 cm³/mol. The standard InChI is InChI=1S/C18H29N3O3.ClH/c1-5-21(6-2)17(22)12-24-15-9-7-8-14(11-15)20-18(23)16(19)10-13(3)4;/h7-9,11,13,16H,5-6,10,12,19H2,1-4H3,(H,20,23);1H/t16-;/m0./s1. The molecule has 1 atom stereocenters. The molecule has 0 saturated heterocycles. The second-order valence-electron chi connectivity index (χ2n) is 6.11. The van der Waals surface area contributed by atoms with E-state index in [4.69, 9.17) is 10.5 Å². The predicted octanol–water partition coefficient (Wildman–Crippen LogP) is 2.67. The maximum absolute atomic E-state index is 12.1. The number of nitrogens with one attached hydrogen (secondary N) is 1. The maximum atomic E-state index is 12.1. The number of hydrogen-bond acceptors (Lipinski definition) is 4. The molecule has 2 amide bonds. The molecule has 0 fully saturated rings. The fourth-order valence-electron chi connectivity index (χ4n) is 2.33. The zero-order valence-corrected chi connectivity index (χ0v) is 16.3. The van der Waals surface area contributed by atoms with Crippen molar-refractivity contribution in [3.63, 3.8) is 0 Å². The van der Waals surface area contributed by atoms with E-state index in [-0.39, 0.29) is 30.8 Å². The summed E-state index contributed by atoms with van der Waals surface area (Å²) in [5, 5.41) is 2.78. The van der Waals surface area contributed by atoms with Crippen molar-refractivity contribution >= 4 is 29.9 Å².